The predicted octanol–water partition coefficient (Wildman–Crippen LogP) is 1.98. The molecule has 0 aliphatic heterocycles. The number of hydrogen-bond donors (Lipinski definition) is 0. The standard InChI is InChI=1S/C19H28F2N4O4S/c1-5-25-16-7-6-14(30(27,28)23(2)3)12-15(16)22-18(25)8-9-19(26)24(10-11-29-4)13-17(20)21/h6-7,12,17H,5,8-11,13H2,1-4H3. The number of carbonyl (C=O) groups is 1. The monoisotopic (exact) mass is 446 g/mol. The lowest BCUT2D eigenvalue weighted by molar-refractivity contribution is -0.133. The second-order valence-electron chi connectivity index (χ2n) is 6.93. The zero-order chi connectivity index (χ0) is 22.5. The third kappa shape index (κ3) is 5.52. The zero-order valence-electron chi connectivity index (χ0n) is 17.6. The molecule has 0 aliphatic rings. The molecule has 0 atom stereocenters. The summed E-state index contributed by atoms with van der Waals surface area (Å²) in [5.74, 6) is 0.196. The number of aryl methyl sites for hydroxylation is 2. The second kappa shape index (κ2) is 10.3. The third-order valence-corrected chi connectivity index (χ3v) is 6.54. The number of imidazole rings is 1. The SMILES string of the molecule is CCn1c(CCC(=O)N(CCOC)CC(F)F)nc2cc(S(=O)(=O)N(C)C)ccc21. The fraction of sp³-hybridized carbons (Fsp3) is 0.579. The number of alkyl halides is 2. The van der Waals surface area contributed by atoms with Crippen LogP contribution in [0.25, 0.3) is 11.0 Å². The highest BCUT2D eigenvalue weighted by molar-refractivity contribution is 7.89. The van der Waals surface area contributed by atoms with E-state index in [1.807, 2.05) is 11.5 Å². The van der Waals surface area contributed by atoms with Crippen molar-refractivity contribution < 1.29 is 26.7 Å². The second-order valence-corrected chi connectivity index (χ2v) is 9.09. The van der Waals surface area contributed by atoms with Gasteiger partial charge in [0.25, 0.3) is 6.43 Å². The first kappa shape index (κ1) is 24.2. The highest BCUT2D eigenvalue weighted by Gasteiger charge is 2.21. The molecule has 2 rings (SSSR count). The number of fused-ring (bicyclic) bond motifs is 1. The van der Waals surface area contributed by atoms with Crippen LogP contribution in [-0.2, 0) is 32.5 Å². The summed E-state index contributed by atoms with van der Waals surface area (Å²) in [7, 11) is 0.757. The molecule has 11 heteroatoms. The number of methoxy groups -OCH3 is 1. The molecule has 2 aromatic rings. The molecule has 0 aliphatic carbocycles. The average molecular weight is 447 g/mol. The maximum Gasteiger partial charge on any atom is 0.255 e. The molecule has 0 spiro atoms. The van der Waals surface area contributed by atoms with E-state index >= 15 is 0 Å². The van der Waals surface area contributed by atoms with Gasteiger partial charge in [-0.05, 0) is 25.1 Å². The largest absolute Gasteiger partial charge is 0.383 e. The Labute approximate surface area is 175 Å². The Hall–Kier alpha value is -2.11. The zero-order valence-corrected chi connectivity index (χ0v) is 18.5. The molecule has 0 saturated carbocycles. The van der Waals surface area contributed by atoms with E-state index in [-0.39, 0.29) is 30.9 Å². The van der Waals surface area contributed by atoms with E-state index in [9.17, 15) is 22.0 Å². The van der Waals surface area contributed by atoms with Crippen LogP contribution in [0.2, 0.25) is 0 Å². The Morgan fingerprint density at radius 2 is 2.00 bits per heavy atom. The van der Waals surface area contributed by atoms with Crippen LogP contribution >= 0.6 is 0 Å². The number of halogens is 2. The highest BCUT2D eigenvalue weighted by Crippen LogP contribution is 2.23. The fourth-order valence-corrected chi connectivity index (χ4v) is 4.06. The van der Waals surface area contributed by atoms with Gasteiger partial charge in [0.05, 0.1) is 29.1 Å². The van der Waals surface area contributed by atoms with Gasteiger partial charge in [-0.2, -0.15) is 0 Å². The van der Waals surface area contributed by atoms with E-state index in [0.717, 1.165) is 14.7 Å². The van der Waals surface area contributed by atoms with Crippen molar-refractivity contribution in [3.63, 3.8) is 0 Å². The Bertz CT molecular complexity index is 976. The van der Waals surface area contributed by atoms with Crippen LogP contribution in [0.1, 0.15) is 19.2 Å². The van der Waals surface area contributed by atoms with E-state index in [4.69, 9.17) is 4.74 Å². The highest BCUT2D eigenvalue weighted by atomic mass is 32.2. The lowest BCUT2D eigenvalue weighted by atomic mass is 10.2. The summed E-state index contributed by atoms with van der Waals surface area (Å²) in [6, 6.07) is 4.72. The lowest BCUT2D eigenvalue weighted by Gasteiger charge is -2.22. The Morgan fingerprint density at radius 1 is 1.30 bits per heavy atom. The van der Waals surface area contributed by atoms with Crippen LogP contribution in [0.15, 0.2) is 23.1 Å². The fourth-order valence-electron chi connectivity index (χ4n) is 3.14. The van der Waals surface area contributed by atoms with Crippen molar-refractivity contribution in [1.29, 1.82) is 0 Å². The van der Waals surface area contributed by atoms with Crippen LogP contribution in [0.3, 0.4) is 0 Å². The Balaban J connectivity index is 2.25. The van der Waals surface area contributed by atoms with E-state index in [1.54, 1.807) is 6.07 Å². The van der Waals surface area contributed by atoms with Gasteiger partial charge in [-0.15, -0.1) is 0 Å². The van der Waals surface area contributed by atoms with Gasteiger partial charge in [-0.25, -0.2) is 26.5 Å². The number of aromatic nitrogens is 2. The van der Waals surface area contributed by atoms with Crippen LogP contribution in [0.5, 0.6) is 0 Å². The van der Waals surface area contributed by atoms with Crippen molar-refractivity contribution in [2.75, 3.05) is 40.9 Å². The molecule has 30 heavy (non-hydrogen) atoms. The number of rotatable bonds is 11. The van der Waals surface area contributed by atoms with Crippen molar-refractivity contribution in [3.05, 3.63) is 24.0 Å². The van der Waals surface area contributed by atoms with E-state index in [1.165, 1.54) is 33.3 Å². The lowest BCUT2D eigenvalue weighted by Crippen LogP contribution is -2.37. The summed E-state index contributed by atoms with van der Waals surface area (Å²) >= 11 is 0. The number of carbonyl (C=O) groups excluding carboxylic acids is 1. The number of benzene rings is 1. The van der Waals surface area contributed by atoms with Gasteiger partial charge in [0, 0.05) is 47.1 Å². The van der Waals surface area contributed by atoms with Gasteiger partial charge in [0.2, 0.25) is 15.9 Å². The molecule has 0 radical (unpaired) electrons. The molecular weight excluding hydrogens is 418 g/mol. The van der Waals surface area contributed by atoms with Gasteiger partial charge in [-0.3, -0.25) is 4.79 Å². The smallest absolute Gasteiger partial charge is 0.255 e. The van der Waals surface area contributed by atoms with Gasteiger partial charge in [0.15, 0.2) is 0 Å². The number of sulfonamides is 1. The molecule has 8 nitrogen and oxygen atoms in total. The van der Waals surface area contributed by atoms with E-state index in [0.29, 0.717) is 17.9 Å². The van der Waals surface area contributed by atoms with Crippen LogP contribution < -0.4 is 0 Å². The number of ether oxygens (including phenoxy) is 1. The number of hydrogen-bond acceptors (Lipinski definition) is 5. The quantitative estimate of drug-likeness (QED) is 0.527. The summed E-state index contributed by atoms with van der Waals surface area (Å²) in [4.78, 5) is 18.2. The molecule has 0 fully saturated rings. The molecular formula is C19H28F2N4O4S. The van der Waals surface area contributed by atoms with Crippen LogP contribution in [-0.4, -0.2) is 80.4 Å². The first-order chi connectivity index (χ1) is 14.1. The third-order valence-electron chi connectivity index (χ3n) is 4.73. The van der Waals surface area contributed by atoms with Gasteiger partial charge < -0.3 is 14.2 Å². The Kier molecular flexibility index (Phi) is 8.27. The van der Waals surface area contributed by atoms with Crippen LogP contribution in [0, 0.1) is 0 Å². The summed E-state index contributed by atoms with van der Waals surface area (Å²) in [6.07, 6.45) is -2.35. The van der Waals surface area contributed by atoms with Crippen molar-refractivity contribution in [2.45, 2.75) is 37.6 Å². The maximum absolute atomic E-state index is 12.8. The molecule has 1 aromatic heterocycles. The summed E-state index contributed by atoms with van der Waals surface area (Å²) in [6.45, 7) is 2.12. The molecule has 0 saturated heterocycles. The van der Waals surface area contributed by atoms with Crippen molar-refractivity contribution >= 4 is 27.0 Å². The number of amides is 1. The molecule has 1 aromatic carbocycles. The molecule has 0 bridgehead atoms. The minimum atomic E-state index is -3.60. The molecule has 0 N–H and O–H groups in total. The average Bonchev–Trinajstić information content (AvgIpc) is 3.05. The molecule has 1 heterocycles. The molecule has 1 amide bonds. The first-order valence-electron chi connectivity index (χ1n) is 9.58. The van der Waals surface area contributed by atoms with Crippen molar-refractivity contribution in [2.24, 2.45) is 0 Å². The number of nitrogens with zero attached hydrogens (tertiary/aromatic N) is 4. The molecule has 0 unspecified atom stereocenters. The van der Waals surface area contributed by atoms with Crippen molar-refractivity contribution in [3.8, 4) is 0 Å². The summed E-state index contributed by atoms with van der Waals surface area (Å²) in [5, 5.41) is 0. The minimum Gasteiger partial charge on any atom is -0.383 e. The predicted molar refractivity (Wildman–Crippen MR) is 109 cm³/mol. The van der Waals surface area contributed by atoms with Gasteiger partial charge >= 0.3 is 0 Å². The first-order valence-corrected chi connectivity index (χ1v) is 11.0. The van der Waals surface area contributed by atoms with Crippen molar-refractivity contribution in [1.82, 2.24) is 18.8 Å². The topological polar surface area (TPSA) is 84.7 Å². The summed E-state index contributed by atoms with van der Waals surface area (Å²) in [5.41, 5.74) is 1.26. The molecule has 168 valence electrons. The van der Waals surface area contributed by atoms with Gasteiger partial charge in [-0.1, -0.05) is 0 Å². The Morgan fingerprint density at radius 3 is 2.57 bits per heavy atom. The maximum atomic E-state index is 12.8. The summed E-state index contributed by atoms with van der Waals surface area (Å²) < 4.78 is 58.2. The van der Waals surface area contributed by atoms with E-state index in [2.05, 4.69) is 4.98 Å². The van der Waals surface area contributed by atoms with Crippen LogP contribution in [0.4, 0.5) is 8.78 Å². The minimum absolute atomic E-state index is 0.0165. The normalized spacial score (nSPS) is 12.3. The van der Waals surface area contributed by atoms with Gasteiger partial charge in [0.1, 0.15) is 5.82 Å². The van der Waals surface area contributed by atoms with E-state index < -0.39 is 28.9 Å².